The van der Waals surface area contributed by atoms with Gasteiger partial charge >= 0.3 is 0 Å². The maximum Gasteiger partial charge on any atom is 0.242 e. The van der Waals surface area contributed by atoms with Crippen LogP contribution in [0.2, 0.25) is 0 Å². The number of carbonyl (C=O) groups is 1. The van der Waals surface area contributed by atoms with E-state index in [2.05, 4.69) is 21.2 Å². The summed E-state index contributed by atoms with van der Waals surface area (Å²) in [4.78, 5) is 11.2. The van der Waals surface area contributed by atoms with Gasteiger partial charge in [0.2, 0.25) is 15.9 Å². The molecule has 1 aromatic rings. The highest BCUT2D eigenvalue weighted by Gasteiger charge is 2.21. The van der Waals surface area contributed by atoms with Crippen molar-refractivity contribution in [2.75, 3.05) is 18.9 Å². The Balaban J connectivity index is 2.93. The predicted molar refractivity (Wildman–Crippen MR) is 79.0 cm³/mol. The Labute approximate surface area is 122 Å². The van der Waals surface area contributed by atoms with E-state index >= 15 is 0 Å². The molecule has 0 bridgehead atoms. The van der Waals surface area contributed by atoms with E-state index in [9.17, 15) is 13.2 Å². The van der Waals surface area contributed by atoms with Crippen molar-refractivity contribution in [3.05, 3.63) is 24.3 Å². The molecule has 106 valence electrons. The first kappa shape index (κ1) is 16.1. The monoisotopic (exact) mass is 348 g/mol. The Morgan fingerprint density at radius 3 is 2.32 bits per heavy atom. The molecule has 0 saturated heterocycles. The second kappa shape index (κ2) is 6.49. The summed E-state index contributed by atoms with van der Waals surface area (Å²) in [5, 5.41) is 2.59. The second-order valence-electron chi connectivity index (χ2n) is 4.27. The SMILES string of the molecule is CC(=O)Nc1ccc(S(=O)(=O)N(C)CC(C)Br)cc1. The number of halogens is 1. The number of hydrogen-bond acceptors (Lipinski definition) is 3. The van der Waals surface area contributed by atoms with Gasteiger partial charge in [0.05, 0.1) is 4.90 Å². The van der Waals surface area contributed by atoms with Crippen LogP contribution in [0.25, 0.3) is 0 Å². The third-order valence-electron chi connectivity index (χ3n) is 2.39. The molecule has 0 aliphatic heterocycles. The first-order chi connectivity index (χ1) is 8.73. The molecule has 1 atom stereocenters. The lowest BCUT2D eigenvalue weighted by Gasteiger charge is -2.18. The Hall–Kier alpha value is -0.920. The van der Waals surface area contributed by atoms with Gasteiger partial charge in [-0.1, -0.05) is 22.9 Å². The maximum absolute atomic E-state index is 12.2. The number of carbonyl (C=O) groups excluding carboxylic acids is 1. The van der Waals surface area contributed by atoms with Crippen LogP contribution in [0.1, 0.15) is 13.8 Å². The number of nitrogens with zero attached hydrogens (tertiary/aromatic N) is 1. The molecule has 0 aromatic heterocycles. The fraction of sp³-hybridized carbons (Fsp3) is 0.417. The summed E-state index contributed by atoms with van der Waals surface area (Å²) in [6.07, 6.45) is 0. The molecule has 1 unspecified atom stereocenters. The molecule has 0 saturated carbocycles. The van der Waals surface area contributed by atoms with Crippen molar-refractivity contribution >= 4 is 37.5 Å². The zero-order valence-corrected chi connectivity index (χ0v) is 13.5. The van der Waals surface area contributed by atoms with Crippen LogP contribution < -0.4 is 5.32 Å². The van der Waals surface area contributed by atoms with Crippen LogP contribution in [0.3, 0.4) is 0 Å². The maximum atomic E-state index is 12.2. The number of sulfonamides is 1. The van der Waals surface area contributed by atoms with Gasteiger partial charge in [0.1, 0.15) is 0 Å². The van der Waals surface area contributed by atoms with Crippen molar-refractivity contribution in [1.29, 1.82) is 0 Å². The van der Waals surface area contributed by atoms with Crippen LogP contribution in [0.5, 0.6) is 0 Å². The van der Waals surface area contributed by atoms with Crippen LogP contribution in [0.4, 0.5) is 5.69 Å². The first-order valence-corrected chi connectivity index (χ1v) is 8.07. The molecule has 19 heavy (non-hydrogen) atoms. The molecule has 1 N–H and O–H groups in total. The molecule has 0 aliphatic carbocycles. The van der Waals surface area contributed by atoms with Crippen LogP contribution in [0.15, 0.2) is 29.2 Å². The van der Waals surface area contributed by atoms with Crippen LogP contribution in [-0.2, 0) is 14.8 Å². The minimum Gasteiger partial charge on any atom is -0.326 e. The lowest BCUT2D eigenvalue weighted by Crippen LogP contribution is -2.31. The molecule has 1 aromatic carbocycles. The summed E-state index contributed by atoms with van der Waals surface area (Å²) in [6.45, 7) is 3.66. The highest BCUT2D eigenvalue weighted by Crippen LogP contribution is 2.18. The minimum absolute atomic E-state index is 0.0749. The predicted octanol–water partition coefficient (Wildman–Crippen LogP) is 2.05. The lowest BCUT2D eigenvalue weighted by molar-refractivity contribution is -0.114. The molecule has 0 radical (unpaired) electrons. The van der Waals surface area contributed by atoms with E-state index in [4.69, 9.17) is 0 Å². The molecule has 0 spiro atoms. The van der Waals surface area contributed by atoms with Crippen LogP contribution in [0, 0.1) is 0 Å². The number of anilines is 1. The zero-order valence-electron chi connectivity index (χ0n) is 11.1. The highest BCUT2D eigenvalue weighted by atomic mass is 79.9. The summed E-state index contributed by atoms with van der Waals surface area (Å²) in [5.74, 6) is -0.194. The van der Waals surface area contributed by atoms with Crippen molar-refractivity contribution in [2.45, 2.75) is 23.6 Å². The number of hydrogen-bond donors (Lipinski definition) is 1. The number of alkyl halides is 1. The van der Waals surface area contributed by atoms with E-state index in [-0.39, 0.29) is 15.6 Å². The van der Waals surface area contributed by atoms with Gasteiger partial charge in [-0.2, -0.15) is 4.31 Å². The van der Waals surface area contributed by atoms with E-state index in [0.717, 1.165) is 0 Å². The number of rotatable bonds is 5. The molecular formula is C12H17BrN2O3S. The molecule has 5 nitrogen and oxygen atoms in total. The first-order valence-electron chi connectivity index (χ1n) is 5.71. The van der Waals surface area contributed by atoms with E-state index in [1.165, 1.54) is 30.4 Å². The molecule has 0 fully saturated rings. The molecule has 7 heteroatoms. The van der Waals surface area contributed by atoms with Gasteiger partial charge in [0.25, 0.3) is 0 Å². The third-order valence-corrected chi connectivity index (χ3v) is 4.52. The Bertz CT molecular complexity index is 541. The summed E-state index contributed by atoms with van der Waals surface area (Å²) in [7, 11) is -1.95. The average Bonchev–Trinajstić information content (AvgIpc) is 2.27. The Kier molecular flexibility index (Phi) is 5.51. The topological polar surface area (TPSA) is 66.5 Å². The van der Waals surface area contributed by atoms with Gasteiger partial charge < -0.3 is 5.32 Å². The zero-order chi connectivity index (χ0) is 14.6. The van der Waals surface area contributed by atoms with Gasteiger partial charge in [-0.15, -0.1) is 0 Å². The normalized spacial score (nSPS) is 13.3. The van der Waals surface area contributed by atoms with Crippen molar-refractivity contribution < 1.29 is 13.2 Å². The van der Waals surface area contributed by atoms with Gasteiger partial charge in [0, 0.05) is 31.0 Å². The highest BCUT2D eigenvalue weighted by molar-refractivity contribution is 9.09. The van der Waals surface area contributed by atoms with E-state index in [1.807, 2.05) is 6.92 Å². The van der Waals surface area contributed by atoms with Gasteiger partial charge in [-0.3, -0.25) is 4.79 Å². The Morgan fingerprint density at radius 1 is 1.37 bits per heavy atom. The largest absolute Gasteiger partial charge is 0.326 e. The fourth-order valence-electron chi connectivity index (χ4n) is 1.55. The van der Waals surface area contributed by atoms with Gasteiger partial charge in [-0.05, 0) is 24.3 Å². The van der Waals surface area contributed by atoms with Crippen molar-refractivity contribution in [3.63, 3.8) is 0 Å². The van der Waals surface area contributed by atoms with Crippen LogP contribution in [-0.4, -0.2) is 37.0 Å². The number of benzene rings is 1. The van der Waals surface area contributed by atoms with Crippen molar-refractivity contribution in [1.82, 2.24) is 4.31 Å². The number of nitrogens with one attached hydrogen (secondary N) is 1. The van der Waals surface area contributed by atoms with Gasteiger partial charge in [0.15, 0.2) is 0 Å². The van der Waals surface area contributed by atoms with E-state index < -0.39 is 10.0 Å². The third kappa shape index (κ3) is 4.59. The summed E-state index contributed by atoms with van der Waals surface area (Å²) < 4.78 is 25.7. The van der Waals surface area contributed by atoms with Crippen molar-refractivity contribution in [3.8, 4) is 0 Å². The standard InChI is InChI=1S/C12H17BrN2O3S/c1-9(13)8-15(3)19(17,18)12-6-4-11(5-7-12)14-10(2)16/h4-7,9H,8H2,1-3H3,(H,14,16). The van der Waals surface area contributed by atoms with Crippen molar-refractivity contribution in [2.24, 2.45) is 0 Å². The molecule has 1 rings (SSSR count). The molecule has 0 heterocycles. The molecule has 1 amide bonds. The fourth-order valence-corrected chi connectivity index (χ4v) is 3.43. The summed E-state index contributed by atoms with van der Waals surface area (Å²) >= 11 is 3.33. The summed E-state index contributed by atoms with van der Waals surface area (Å²) in [6, 6.07) is 6.10. The summed E-state index contributed by atoms with van der Waals surface area (Å²) in [5.41, 5.74) is 0.572. The van der Waals surface area contributed by atoms with Gasteiger partial charge in [-0.25, -0.2) is 8.42 Å². The molecule has 0 aliphatic rings. The molecular weight excluding hydrogens is 332 g/mol. The smallest absolute Gasteiger partial charge is 0.242 e. The minimum atomic E-state index is -3.49. The quantitative estimate of drug-likeness (QED) is 0.828. The average molecular weight is 349 g/mol. The van der Waals surface area contributed by atoms with E-state index in [1.54, 1.807) is 12.1 Å². The van der Waals surface area contributed by atoms with Crippen LogP contribution >= 0.6 is 15.9 Å². The lowest BCUT2D eigenvalue weighted by atomic mass is 10.3. The van der Waals surface area contributed by atoms with E-state index in [0.29, 0.717) is 12.2 Å². The Morgan fingerprint density at radius 2 is 1.89 bits per heavy atom. The number of amides is 1. The second-order valence-corrected chi connectivity index (χ2v) is 7.88.